The smallest absolute Gasteiger partial charge is 0.251 e. The van der Waals surface area contributed by atoms with E-state index in [0.717, 1.165) is 29.2 Å². The van der Waals surface area contributed by atoms with Crippen molar-refractivity contribution in [2.75, 3.05) is 0 Å². The van der Waals surface area contributed by atoms with Gasteiger partial charge in [-0.25, -0.2) is 4.98 Å². The first-order chi connectivity index (χ1) is 15.0. The second-order valence-electron chi connectivity index (χ2n) is 8.54. The number of benzene rings is 2. The Morgan fingerprint density at radius 1 is 1.06 bits per heavy atom. The minimum atomic E-state index is 0.00377. The summed E-state index contributed by atoms with van der Waals surface area (Å²) in [5, 5.41) is 3.21. The van der Waals surface area contributed by atoms with Crippen LogP contribution in [0, 0.1) is 19.8 Å². The maximum Gasteiger partial charge on any atom is 0.251 e. The lowest BCUT2D eigenvalue weighted by atomic mass is 9.86. The minimum Gasteiger partial charge on any atom is -0.441 e. The van der Waals surface area contributed by atoms with Gasteiger partial charge in [0.2, 0.25) is 5.89 Å². The van der Waals surface area contributed by atoms with Crippen molar-refractivity contribution in [1.82, 2.24) is 10.3 Å². The monoisotopic (exact) mass is 434 g/mol. The van der Waals surface area contributed by atoms with Crippen LogP contribution >= 0.6 is 11.8 Å². The SMILES string of the molecule is Cc1ccc(SCc2nc(-c3ccc(C(=O)N[C@@H]4CCCC[C@@H]4C)cc3)oc2C)cc1. The van der Waals surface area contributed by atoms with E-state index in [0.29, 0.717) is 17.4 Å². The molecular weight excluding hydrogens is 404 g/mol. The molecule has 0 unspecified atom stereocenters. The van der Waals surface area contributed by atoms with E-state index >= 15 is 0 Å². The van der Waals surface area contributed by atoms with E-state index in [1.165, 1.54) is 29.7 Å². The molecule has 0 radical (unpaired) electrons. The third kappa shape index (κ3) is 5.40. The molecule has 1 N–H and O–H groups in total. The highest BCUT2D eigenvalue weighted by Gasteiger charge is 2.23. The van der Waals surface area contributed by atoms with E-state index < -0.39 is 0 Å². The average Bonchev–Trinajstić information content (AvgIpc) is 3.15. The van der Waals surface area contributed by atoms with E-state index in [2.05, 4.69) is 43.4 Å². The summed E-state index contributed by atoms with van der Waals surface area (Å²) in [6.07, 6.45) is 4.73. The molecule has 1 heterocycles. The highest BCUT2D eigenvalue weighted by atomic mass is 32.2. The fraction of sp³-hybridized carbons (Fsp3) is 0.385. The molecule has 3 aromatic rings. The molecule has 31 heavy (non-hydrogen) atoms. The van der Waals surface area contributed by atoms with E-state index in [1.807, 2.05) is 31.2 Å². The lowest BCUT2D eigenvalue weighted by molar-refractivity contribution is 0.0910. The van der Waals surface area contributed by atoms with Gasteiger partial charge < -0.3 is 9.73 Å². The number of aromatic nitrogens is 1. The predicted octanol–water partition coefficient (Wildman–Crippen LogP) is 6.56. The molecule has 1 fully saturated rings. The van der Waals surface area contributed by atoms with Crippen LogP contribution in [0.2, 0.25) is 0 Å². The summed E-state index contributed by atoms with van der Waals surface area (Å²) in [6.45, 7) is 6.27. The largest absolute Gasteiger partial charge is 0.441 e. The normalized spacial score (nSPS) is 18.7. The molecule has 4 nitrogen and oxygen atoms in total. The number of oxazole rings is 1. The van der Waals surface area contributed by atoms with Gasteiger partial charge in [-0.05, 0) is 69.0 Å². The number of nitrogens with zero attached hydrogens (tertiary/aromatic N) is 1. The van der Waals surface area contributed by atoms with Gasteiger partial charge in [0.05, 0.1) is 5.69 Å². The lowest BCUT2D eigenvalue weighted by Crippen LogP contribution is -2.41. The van der Waals surface area contributed by atoms with Gasteiger partial charge in [-0.15, -0.1) is 11.8 Å². The number of nitrogens with one attached hydrogen (secondary N) is 1. The molecule has 1 amide bonds. The number of hydrogen-bond acceptors (Lipinski definition) is 4. The summed E-state index contributed by atoms with van der Waals surface area (Å²) in [5.74, 6) is 2.75. The van der Waals surface area contributed by atoms with Crippen LogP contribution in [-0.2, 0) is 5.75 Å². The Balaban J connectivity index is 1.40. The summed E-state index contributed by atoms with van der Waals surface area (Å²) >= 11 is 1.75. The van der Waals surface area contributed by atoms with Crippen LogP contribution in [0.4, 0.5) is 0 Å². The van der Waals surface area contributed by atoms with Crippen molar-refractivity contribution in [3.63, 3.8) is 0 Å². The Morgan fingerprint density at radius 2 is 1.77 bits per heavy atom. The zero-order valence-electron chi connectivity index (χ0n) is 18.5. The summed E-state index contributed by atoms with van der Waals surface area (Å²) in [6, 6.07) is 16.3. The van der Waals surface area contributed by atoms with Gasteiger partial charge in [0.1, 0.15) is 5.76 Å². The molecule has 1 aliphatic carbocycles. The number of hydrogen-bond donors (Lipinski definition) is 1. The van der Waals surface area contributed by atoms with Crippen LogP contribution in [0.5, 0.6) is 0 Å². The third-order valence-corrected chi connectivity index (χ3v) is 7.13. The van der Waals surface area contributed by atoms with Gasteiger partial charge >= 0.3 is 0 Å². The predicted molar refractivity (Wildman–Crippen MR) is 126 cm³/mol. The maximum absolute atomic E-state index is 12.7. The second kappa shape index (κ2) is 9.73. The van der Waals surface area contributed by atoms with Gasteiger partial charge in [-0.3, -0.25) is 4.79 Å². The molecule has 5 heteroatoms. The fourth-order valence-electron chi connectivity index (χ4n) is 4.02. The molecule has 0 saturated heterocycles. The molecule has 162 valence electrons. The molecule has 0 aliphatic heterocycles. The second-order valence-corrected chi connectivity index (χ2v) is 9.59. The van der Waals surface area contributed by atoms with Gasteiger partial charge in [0.15, 0.2) is 0 Å². The third-order valence-electron chi connectivity index (χ3n) is 6.11. The maximum atomic E-state index is 12.7. The van der Waals surface area contributed by atoms with Crippen molar-refractivity contribution >= 4 is 17.7 Å². The van der Waals surface area contributed by atoms with Crippen molar-refractivity contribution < 1.29 is 9.21 Å². The Hall–Kier alpha value is -2.53. The topological polar surface area (TPSA) is 55.1 Å². The highest BCUT2D eigenvalue weighted by molar-refractivity contribution is 7.98. The van der Waals surface area contributed by atoms with Gasteiger partial charge in [-0.1, -0.05) is 37.5 Å². The standard InChI is InChI=1S/C26H30N2O2S/c1-17-8-14-22(15-9-17)31-16-24-19(3)30-26(28-24)21-12-10-20(11-13-21)25(29)27-23-7-5-4-6-18(23)2/h8-15,18,23H,4-7,16H2,1-3H3,(H,27,29)/t18-,23+/m0/s1. The van der Waals surface area contributed by atoms with E-state index in [9.17, 15) is 4.79 Å². The molecule has 0 bridgehead atoms. The molecular formula is C26H30N2O2S. The van der Waals surface area contributed by atoms with Gasteiger partial charge in [0.25, 0.3) is 5.91 Å². The molecule has 2 aromatic carbocycles. The van der Waals surface area contributed by atoms with Crippen LogP contribution in [0.3, 0.4) is 0 Å². The van der Waals surface area contributed by atoms with Crippen molar-refractivity contribution in [2.45, 2.75) is 63.1 Å². The number of carbonyl (C=O) groups is 1. The first-order valence-electron chi connectivity index (χ1n) is 11.1. The number of carbonyl (C=O) groups excluding carboxylic acids is 1. The first-order valence-corrected chi connectivity index (χ1v) is 12.1. The molecule has 1 saturated carbocycles. The van der Waals surface area contributed by atoms with E-state index in [4.69, 9.17) is 9.40 Å². The van der Waals surface area contributed by atoms with Gasteiger partial charge in [-0.2, -0.15) is 0 Å². The Morgan fingerprint density at radius 3 is 2.48 bits per heavy atom. The molecule has 2 atom stereocenters. The number of thioether (sulfide) groups is 1. The van der Waals surface area contributed by atoms with Crippen LogP contribution in [0.15, 0.2) is 57.8 Å². The van der Waals surface area contributed by atoms with E-state index in [-0.39, 0.29) is 11.9 Å². The molecule has 1 aliphatic rings. The van der Waals surface area contributed by atoms with Crippen molar-refractivity contribution in [3.8, 4) is 11.5 Å². The zero-order chi connectivity index (χ0) is 21.8. The first kappa shape index (κ1) is 21.7. The van der Waals surface area contributed by atoms with Crippen LogP contribution < -0.4 is 5.32 Å². The average molecular weight is 435 g/mol. The number of rotatable bonds is 6. The molecule has 1 aromatic heterocycles. The molecule has 4 rings (SSSR count). The highest BCUT2D eigenvalue weighted by Crippen LogP contribution is 2.28. The number of aryl methyl sites for hydroxylation is 2. The fourth-order valence-corrected chi connectivity index (χ4v) is 4.92. The quantitative estimate of drug-likeness (QED) is 0.446. The van der Waals surface area contributed by atoms with Crippen molar-refractivity contribution in [2.24, 2.45) is 5.92 Å². The Bertz CT molecular complexity index is 1020. The number of amides is 1. The summed E-state index contributed by atoms with van der Waals surface area (Å²) < 4.78 is 5.92. The van der Waals surface area contributed by atoms with Crippen LogP contribution in [0.1, 0.15) is 60.0 Å². The summed E-state index contributed by atoms with van der Waals surface area (Å²) in [5.41, 5.74) is 3.78. The van der Waals surface area contributed by atoms with E-state index in [1.54, 1.807) is 11.8 Å². The summed E-state index contributed by atoms with van der Waals surface area (Å²) in [7, 11) is 0. The minimum absolute atomic E-state index is 0.00377. The van der Waals surface area contributed by atoms with Crippen molar-refractivity contribution in [3.05, 3.63) is 71.1 Å². The zero-order valence-corrected chi connectivity index (χ0v) is 19.3. The molecule has 0 spiro atoms. The Kier molecular flexibility index (Phi) is 6.81. The van der Waals surface area contributed by atoms with Crippen molar-refractivity contribution in [1.29, 1.82) is 0 Å². The van der Waals surface area contributed by atoms with Crippen LogP contribution in [0.25, 0.3) is 11.5 Å². The van der Waals surface area contributed by atoms with Crippen LogP contribution in [-0.4, -0.2) is 16.9 Å². The summed E-state index contributed by atoms with van der Waals surface area (Å²) in [4.78, 5) is 18.6. The lowest BCUT2D eigenvalue weighted by Gasteiger charge is -2.29. The Labute approximate surface area is 188 Å². The van der Waals surface area contributed by atoms with Gasteiger partial charge in [0, 0.05) is 27.8 Å².